The van der Waals surface area contributed by atoms with E-state index in [9.17, 15) is 8.42 Å². The first kappa shape index (κ1) is 14.2. The van der Waals surface area contributed by atoms with Gasteiger partial charge < -0.3 is 0 Å². The third kappa shape index (κ3) is 3.04. The standard InChI is InChI=1S/C11H17ClN2O2S2/c1-7-4-3-5-9(8(7)2)14-18(15,16)10-6-13-11(12)17-10/h6-9,14H,3-5H2,1-2H3. The first-order chi connectivity index (χ1) is 8.40. The molecule has 18 heavy (non-hydrogen) atoms. The van der Waals surface area contributed by atoms with Gasteiger partial charge in [-0.15, -0.1) is 0 Å². The molecule has 1 saturated carbocycles. The van der Waals surface area contributed by atoms with Crippen LogP contribution in [0.3, 0.4) is 0 Å². The molecule has 1 aliphatic carbocycles. The van der Waals surface area contributed by atoms with E-state index in [-0.39, 0.29) is 14.7 Å². The van der Waals surface area contributed by atoms with Crippen LogP contribution in [0.4, 0.5) is 0 Å². The lowest BCUT2D eigenvalue weighted by Crippen LogP contribution is -2.43. The summed E-state index contributed by atoms with van der Waals surface area (Å²) in [5.74, 6) is 0.911. The van der Waals surface area contributed by atoms with Crippen molar-refractivity contribution in [2.45, 2.75) is 43.4 Å². The molecule has 3 atom stereocenters. The zero-order valence-corrected chi connectivity index (χ0v) is 12.8. The summed E-state index contributed by atoms with van der Waals surface area (Å²) in [6.07, 6.45) is 4.46. The molecule has 0 amide bonds. The number of hydrogen-bond acceptors (Lipinski definition) is 4. The Kier molecular flexibility index (Phi) is 4.31. The maximum absolute atomic E-state index is 12.2. The summed E-state index contributed by atoms with van der Waals surface area (Å²) in [7, 11) is -3.47. The molecule has 1 aromatic rings. The van der Waals surface area contributed by atoms with Gasteiger partial charge in [0.2, 0.25) is 0 Å². The van der Waals surface area contributed by atoms with Gasteiger partial charge in [-0.3, -0.25) is 0 Å². The van der Waals surface area contributed by atoms with Crippen LogP contribution in [0, 0.1) is 11.8 Å². The number of hydrogen-bond donors (Lipinski definition) is 1. The van der Waals surface area contributed by atoms with Crippen LogP contribution < -0.4 is 4.72 Å². The molecule has 1 heterocycles. The van der Waals surface area contributed by atoms with E-state index in [0.717, 1.165) is 24.2 Å². The molecule has 1 aliphatic rings. The third-order valence-corrected chi connectivity index (χ3v) is 6.80. The molecule has 1 N–H and O–H groups in total. The Morgan fingerprint density at radius 2 is 2.17 bits per heavy atom. The summed E-state index contributed by atoms with van der Waals surface area (Å²) in [6.45, 7) is 4.28. The molecule has 0 spiro atoms. The molecule has 0 radical (unpaired) electrons. The van der Waals surface area contributed by atoms with E-state index in [1.54, 1.807) is 0 Å². The number of sulfonamides is 1. The van der Waals surface area contributed by atoms with Crippen molar-refractivity contribution in [2.24, 2.45) is 11.8 Å². The SMILES string of the molecule is CC1CCCC(NS(=O)(=O)c2cnc(Cl)s2)C1C. The minimum Gasteiger partial charge on any atom is -0.232 e. The Bertz CT molecular complexity index is 515. The third-order valence-electron chi connectivity index (χ3n) is 3.73. The first-order valence-electron chi connectivity index (χ1n) is 6.04. The molecule has 3 unspecified atom stereocenters. The average Bonchev–Trinajstić information content (AvgIpc) is 2.72. The Balaban J connectivity index is 2.13. The van der Waals surface area contributed by atoms with Crippen molar-refractivity contribution in [1.82, 2.24) is 9.71 Å². The maximum atomic E-state index is 12.2. The van der Waals surface area contributed by atoms with E-state index in [4.69, 9.17) is 11.6 Å². The lowest BCUT2D eigenvalue weighted by molar-refractivity contribution is 0.227. The Labute approximate surface area is 117 Å². The molecule has 4 nitrogen and oxygen atoms in total. The fourth-order valence-corrected chi connectivity index (χ4v) is 5.04. The van der Waals surface area contributed by atoms with Crippen LogP contribution in [-0.4, -0.2) is 19.4 Å². The summed E-state index contributed by atoms with van der Waals surface area (Å²) >= 11 is 6.67. The topological polar surface area (TPSA) is 59.1 Å². The first-order valence-corrected chi connectivity index (χ1v) is 8.71. The number of rotatable bonds is 3. The summed E-state index contributed by atoms with van der Waals surface area (Å²) in [5, 5.41) is 0. The van der Waals surface area contributed by atoms with Crippen molar-refractivity contribution >= 4 is 33.0 Å². The van der Waals surface area contributed by atoms with Crippen LogP contribution in [0.1, 0.15) is 33.1 Å². The normalized spacial score (nSPS) is 29.4. The van der Waals surface area contributed by atoms with Crippen molar-refractivity contribution in [3.8, 4) is 0 Å². The van der Waals surface area contributed by atoms with Crippen LogP contribution in [0.15, 0.2) is 10.4 Å². The number of thiazole rings is 1. The minimum atomic E-state index is -3.47. The smallest absolute Gasteiger partial charge is 0.232 e. The Hall–Kier alpha value is -0.170. The summed E-state index contributed by atoms with van der Waals surface area (Å²) < 4.78 is 27.6. The Morgan fingerprint density at radius 3 is 2.78 bits per heavy atom. The van der Waals surface area contributed by atoms with Crippen LogP contribution in [0.25, 0.3) is 0 Å². The van der Waals surface area contributed by atoms with Gasteiger partial charge in [0.1, 0.15) is 0 Å². The molecule has 0 saturated heterocycles. The molecule has 0 aromatic carbocycles. The zero-order chi connectivity index (χ0) is 13.3. The van der Waals surface area contributed by atoms with Gasteiger partial charge >= 0.3 is 0 Å². The Morgan fingerprint density at radius 1 is 1.44 bits per heavy atom. The average molecular weight is 309 g/mol. The van der Waals surface area contributed by atoms with Crippen LogP contribution in [0.2, 0.25) is 4.47 Å². The molecule has 2 rings (SSSR count). The molecule has 102 valence electrons. The van der Waals surface area contributed by atoms with Crippen molar-refractivity contribution in [1.29, 1.82) is 0 Å². The van der Waals surface area contributed by atoms with Gasteiger partial charge in [0.05, 0.1) is 6.20 Å². The summed E-state index contributed by atoms with van der Waals surface area (Å²) in [5.41, 5.74) is 0. The van der Waals surface area contributed by atoms with E-state index in [0.29, 0.717) is 11.8 Å². The zero-order valence-electron chi connectivity index (χ0n) is 10.4. The molecule has 0 bridgehead atoms. The highest BCUT2D eigenvalue weighted by Crippen LogP contribution is 2.31. The van der Waals surface area contributed by atoms with Crippen LogP contribution >= 0.6 is 22.9 Å². The lowest BCUT2D eigenvalue weighted by Gasteiger charge is -2.34. The predicted molar refractivity (Wildman–Crippen MR) is 73.4 cm³/mol. The van der Waals surface area contributed by atoms with Crippen molar-refractivity contribution in [3.05, 3.63) is 10.7 Å². The second-order valence-electron chi connectivity index (χ2n) is 4.93. The lowest BCUT2D eigenvalue weighted by atomic mass is 9.78. The van der Waals surface area contributed by atoms with E-state index in [1.165, 1.54) is 12.6 Å². The number of nitrogens with one attached hydrogen (secondary N) is 1. The van der Waals surface area contributed by atoms with Crippen LogP contribution in [-0.2, 0) is 10.0 Å². The second kappa shape index (κ2) is 5.45. The molecule has 0 aliphatic heterocycles. The van der Waals surface area contributed by atoms with E-state index in [2.05, 4.69) is 23.6 Å². The molecular weight excluding hydrogens is 292 g/mol. The molecule has 7 heteroatoms. The van der Waals surface area contributed by atoms with Gasteiger partial charge in [0.15, 0.2) is 8.68 Å². The van der Waals surface area contributed by atoms with Gasteiger partial charge in [-0.1, -0.05) is 49.6 Å². The van der Waals surface area contributed by atoms with Crippen molar-refractivity contribution in [2.75, 3.05) is 0 Å². The van der Waals surface area contributed by atoms with E-state index < -0.39 is 10.0 Å². The predicted octanol–water partition coefficient (Wildman–Crippen LogP) is 2.90. The molecular formula is C11H17ClN2O2S2. The number of halogens is 1. The number of aromatic nitrogens is 1. The van der Waals surface area contributed by atoms with Gasteiger partial charge in [-0.05, 0) is 18.3 Å². The number of nitrogens with zero attached hydrogens (tertiary/aromatic N) is 1. The van der Waals surface area contributed by atoms with E-state index in [1.807, 2.05) is 0 Å². The molecule has 1 fully saturated rings. The van der Waals surface area contributed by atoms with Gasteiger partial charge in [-0.2, -0.15) is 0 Å². The fraction of sp³-hybridized carbons (Fsp3) is 0.727. The summed E-state index contributed by atoms with van der Waals surface area (Å²) in [4.78, 5) is 3.77. The van der Waals surface area contributed by atoms with Crippen molar-refractivity contribution < 1.29 is 8.42 Å². The van der Waals surface area contributed by atoms with Gasteiger partial charge in [-0.25, -0.2) is 18.1 Å². The van der Waals surface area contributed by atoms with Crippen LogP contribution in [0.5, 0.6) is 0 Å². The van der Waals surface area contributed by atoms with Gasteiger partial charge in [0, 0.05) is 6.04 Å². The van der Waals surface area contributed by atoms with E-state index >= 15 is 0 Å². The molecule has 1 aromatic heterocycles. The monoisotopic (exact) mass is 308 g/mol. The highest BCUT2D eigenvalue weighted by molar-refractivity contribution is 7.91. The second-order valence-corrected chi connectivity index (χ2v) is 8.48. The van der Waals surface area contributed by atoms with Crippen molar-refractivity contribution in [3.63, 3.8) is 0 Å². The minimum absolute atomic E-state index is 0.0135. The van der Waals surface area contributed by atoms with Gasteiger partial charge in [0.25, 0.3) is 10.0 Å². The highest BCUT2D eigenvalue weighted by atomic mass is 35.5. The largest absolute Gasteiger partial charge is 0.251 e. The summed E-state index contributed by atoms with van der Waals surface area (Å²) in [6, 6.07) is 0.0135. The maximum Gasteiger partial charge on any atom is 0.251 e. The quantitative estimate of drug-likeness (QED) is 0.934. The highest BCUT2D eigenvalue weighted by Gasteiger charge is 2.31. The fourth-order valence-electron chi connectivity index (χ4n) is 2.37.